The van der Waals surface area contributed by atoms with Crippen molar-refractivity contribution in [2.45, 2.75) is 19.4 Å². The van der Waals surface area contributed by atoms with E-state index in [0.29, 0.717) is 16.8 Å². The Labute approximate surface area is 194 Å². The third kappa shape index (κ3) is 4.54. The summed E-state index contributed by atoms with van der Waals surface area (Å²) >= 11 is 0. The van der Waals surface area contributed by atoms with E-state index in [-0.39, 0.29) is 0 Å². The topological polar surface area (TPSA) is 103 Å². The van der Waals surface area contributed by atoms with Crippen LogP contribution < -0.4 is 16.1 Å². The molecule has 168 valence electrons. The van der Waals surface area contributed by atoms with Crippen LogP contribution in [0.15, 0.2) is 53.4 Å². The van der Waals surface area contributed by atoms with Gasteiger partial charge < -0.3 is 21.0 Å². The summed E-state index contributed by atoms with van der Waals surface area (Å²) in [6.45, 7) is 4.35. The Balaban J connectivity index is 1.70. The van der Waals surface area contributed by atoms with E-state index in [1.54, 1.807) is 6.20 Å². The first-order chi connectivity index (χ1) is 15.9. The molecule has 1 atom stereocenters. The van der Waals surface area contributed by atoms with Crippen molar-refractivity contribution in [3.63, 3.8) is 0 Å². The zero-order chi connectivity index (χ0) is 23.5. The lowest BCUT2D eigenvalue weighted by Gasteiger charge is -2.28. The predicted octanol–water partition coefficient (Wildman–Crippen LogP) is 3.25. The SMILES string of the molecule is CC1=C(C#N)C(c2ccc3c(c2)CN(C)N3)C(C#N)=C(c2ccc(NCCN(C)C)nc2)N1. The normalized spacial score (nSPS) is 17.8. The number of nitrogens with one attached hydrogen (secondary N) is 3. The molecule has 33 heavy (non-hydrogen) atoms. The fourth-order valence-corrected chi connectivity index (χ4v) is 4.24. The highest BCUT2D eigenvalue weighted by Gasteiger charge is 2.32. The minimum atomic E-state index is -0.426. The number of hydrogen-bond acceptors (Lipinski definition) is 8. The smallest absolute Gasteiger partial charge is 0.125 e. The fraction of sp³-hybridized carbons (Fsp3) is 0.320. The van der Waals surface area contributed by atoms with Gasteiger partial charge in [0.15, 0.2) is 0 Å². The van der Waals surface area contributed by atoms with Crippen molar-refractivity contribution in [1.29, 1.82) is 10.5 Å². The Morgan fingerprint density at radius 1 is 1.18 bits per heavy atom. The molecule has 0 saturated heterocycles. The second kappa shape index (κ2) is 9.33. The van der Waals surface area contributed by atoms with Crippen LogP contribution in [-0.4, -0.2) is 49.1 Å². The number of hydrazine groups is 1. The molecule has 8 heteroatoms. The summed E-state index contributed by atoms with van der Waals surface area (Å²) in [5.41, 5.74) is 9.78. The molecule has 0 aliphatic carbocycles. The van der Waals surface area contributed by atoms with Gasteiger partial charge in [0.25, 0.3) is 0 Å². The number of anilines is 2. The van der Waals surface area contributed by atoms with E-state index in [9.17, 15) is 10.5 Å². The summed E-state index contributed by atoms with van der Waals surface area (Å²) in [5, 5.41) is 28.7. The van der Waals surface area contributed by atoms with Crippen LogP contribution in [0.25, 0.3) is 5.70 Å². The van der Waals surface area contributed by atoms with Crippen molar-refractivity contribution < 1.29 is 0 Å². The van der Waals surface area contributed by atoms with E-state index in [1.165, 1.54) is 0 Å². The summed E-state index contributed by atoms with van der Waals surface area (Å²) in [5.74, 6) is 0.359. The van der Waals surface area contributed by atoms with E-state index in [4.69, 9.17) is 0 Å². The third-order valence-electron chi connectivity index (χ3n) is 5.90. The van der Waals surface area contributed by atoms with Crippen LogP contribution in [0.5, 0.6) is 0 Å². The number of likely N-dealkylation sites (N-methyl/N-ethyl adjacent to an activating group) is 1. The van der Waals surface area contributed by atoms with Gasteiger partial charge in [0.1, 0.15) is 5.82 Å². The number of aromatic nitrogens is 1. The summed E-state index contributed by atoms with van der Waals surface area (Å²) in [4.78, 5) is 6.63. The van der Waals surface area contributed by atoms with Crippen LogP contribution in [0.1, 0.15) is 29.5 Å². The zero-order valence-electron chi connectivity index (χ0n) is 19.4. The van der Waals surface area contributed by atoms with Gasteiger partial charge in [-0.1, -0.05) is 12.1 Å². The predicted molar refractivity (Wildman–Crippen MR) is 130 cm³/mol. The number of fused-ring (bicyclic) bond motifs is 1. The van der Waals surface area contributed by atoms with Gasteiger partial charge in [-0.15, -0.1) is 0 Å². The first kappa shape index (κ1) is 22.3. The maximum Gasteiger partial charge on any atom is 0.125 e. The van der Waals surface area contributed by atoms with Crippen LogP contribution >= 0.6 is 0 Å². The average molecular weight is 441 g/mol. The number of nitriles is 2. The molecule has 3 N–H and O–H groups in total. The van der Waals surface area contributed by atoms with Crippen molar-refractivity contribution in [2.75, 3.05) is 45.0 Å². The monoisotopic (exact) mass is 440 g/mol. The molecule has 1 unspecified atom stereocenters. The molecule has 2 aliphatic heterocycles. The molecule has 0 spiro atoms. The largest absolute Gasteiger partial charge is 0.369 e. The molecule has 3 heterocycles. The van der Waals surface area contributed by atoms with Gasteiger partial charge in [-0.25, -0.2) is 9.99 Å². The fourth-order valence-electron chi connectivity index (χ4n) is 4.24. The molecule has 2 aliphatic rings. The second-order valence-corrected chi connectivity index (χ2v) is 8.66. The van der Waals surface area contributed by atoms with Gasteiger partial charge in [-0.3, -0.25) is 0 Å². The molecule has 0 saturated carbocycles. The molecule has 0 bridgehead atoms. The Bertz CT molecular complexity index is 1190. The van der Waals surface area contributed by atoms with E-state index >= 15 is 0 Å². The Hall–Kier alpha value is -3.85. The van der Waals surface area contributed by atoms with Crippen molar-refractivity contribution in [3.05, 3.63) is 70.1 Å². The standard InChI is InChI=1S/C25H28N8/c1-16-20(12-26)24(17-5-7-22-19(11-17)15-33(4)31-22)21(13-27)25(30-16)18-6-8-23(29-14-18)28-9-10-32(2)3/h5-8,11,14,24,30-31H,9-10,15H2,1-4H3,(H,28,29). The van der Waals surface area contributed by atoms with Crippen molar-refractivity contribution in [3.8, 4) is 12.1 Å². The van der Waals surface area contributed by atoms with Crippen LogP contribution in [-0.2, 0) is 6.54 Å². The van der Waals surface area contributed by atoms with Crippen LogP contribution in [0.2, 0.25) is 0 Å². The number of rotatable bonds is 6. The van der Waals surface area contributed by atoms with E-state index in [1.807, 2.05) is 57.3 Å². The maximum absolute atomic E-state index is 10.2. The summed E-state index contributed by atoms with van der Waals surface area (Å²) in [7, 11) is 6.04. The number of benzene rings is 1. The number of hydrogen-bond donors (Lipinski definition) is 3. The number of nitrogens with zero attached hydrogens (tertiary/aromatic N) is 5. The highest BCUT2D eigenvalue weighted by molar-refractivity contribution is 5.78. The highest BCUT2D eigenvalue weighted by Crippen LogP contribution is 2.41. The second-order valence-electron chi connectivity index (χ2n) is 8.66. The Morgan fingerprint density at radius 3 is 2.64 bits per heavy atom. The summed E-state index contributed by atoms with van der Waals surface area (Å²) in [6.07, 6.45) is 1.76. The third-order valence-corrected chi connectivity index (χ3v) is 5.90. The first-order valence-corrected chi connectivity index (χ1v) is 10.9. The van der Waals surface area contributed by atoms with Gasteiger partial charge in [0.2, 0.25) is 0 Å². The minimum absolute atomic E-state index is 0.426. The molecule has 1 aromatic heterocycles. The van der Waals surface area contributed by atoms with E-state index in [0.717, 1.165) is 53.5 Å². The van der Waals surface area contributed by atoms with Gasteiger partial charge in [-0.05, 0) is 50.3 Å². The maximum atomic E-state index is 10.2. The molecule has 4 rings (SSSR count). The number of allylic oxidation sites excluding steroid dienone is 3. The highest BCUT2D eigenvalue weighted by atomic mass is 15.5. The first-order valence-electron chi connectivity index (χ1n) is 10.9. The van der Waals surface area contributed by atoms with Gasteiger partial charge >= 0.3 is 0 Å². The molecule has 0 fully saturated rings. The molecular weight excluding hydrogens is 412 g/mol. The van der Waals surface area contributed by atoms with Gasteiger partial charge in [-0.2, -0.15) is 10.5 Å². The van der Waals surface area contributed by atoms with Crippen LogP contribution in [0.4, 0.5) is 11.5 Å². The molecule has 0 radical (unpaired) electrons. The zero-order valence-corrected chi connectivity index (χ0v) is 19.4. The lowest BCUT2D eigenvalue weighted by Crippen LogP contribution is -2.24. The summed E-state index contributed by atoms with van der Waals surface area (Å²) in [6, 6.07) is 14.7. The van der Waals surface area contributed by atoms with Crippen molar-refractivity contribution in [2.24, 2.45) is 0 Å². The Kier molecular flexibility index (Phi) is 6.32. The lowest BCUT2D eigenvalue weighted by molar-refractivity contribution is 0.422. The number of dihydropyridines is 1. The molecule has 8 nitrogen and oxygen atoms in total. The van der Waals surface area contributed by atoms with Crippen molar-refractivity contribution >= 4 is 17.2 Å². The average Bonchev–Trinajstić information content (AvgIpc) is 3.17. The quantitative estimate of drug-likeness (QED) is 0.629. The van der Waals surface area contributed by atoms with Crippen LogP contribution in [0, 0.1) is 22.7 Å². The van der Waals surface area contributed by atoms with Gasteiger partial charge in [0.05, 0.1) is 40.6 Å². The van der Waals surface area contributed by atoms with E-state index in [2.05, 4.69) is 44.1 Å². The number of pyridine rings is 1. The Morgan fingerprint density at radius 2 is 1.97 bits per heavy atom. The van der Waals surface area contributed by atoms with E-state index < -0.39 is 5.92 Å². The van der Waals surface area contributed by atoms with Crippen molar-refractivity contribution in [1.82, 2.24) is 20.2 Å². The molecule has 1 aromatic carbocycles. The molecule has 2 aromatic rings. The molecule has 0 amide bonds. The van der Waals surface area contributed by atoms with Crippen LogP contribution in [0.3, 0.4) is 0 Å². The van der Waals surface area contributed by atoms with Gasteiger partial charge in [0, 0.05) is 44.1 Å². The minimum Gasteiger partial charge on any atom is -0.369 e. The lowest BCUT2D eigenvalue weighted by atomic mass is 9.80. The summed E-state index contributed by atoms with van der Waals surface area (Å²) < 4.78 is 0. The molecular formula is C25H28N8.